The first kappa shape index (κ1) is 12.0. The Morgan fingerprint density at radius 1 is 1.59 bits per heavy atom. The predicted molar refractivity (Wildman–Crippen MR) is 66.3 cm³/mol. The second kappa shape index (κ2) is 5.26. The first-order valence-corrected chi connectivity index (χ1v) is 6.02. The lowest BCUT2D eigenvalue weighted by Gasteiger charge is -2.37. The lowest BCUT2D eigenvalue weighted by atomic mass is 10.1. The molecule has 90 valence electrons. The van der Waals surface area contributed by atoms with Gasteiger partial charge in [0.1, 0.15) is 11.8 Å². The van der Waals surface area contributed by atoms with E-state index in [4.69, 9.17) is 5.26 Å². The molecule has 0 spiro atoms. The Morgan fingerprint density at radius 3 is 3.18 bits per heavy atom. The average Bonchev–Trinajstić information content (AvgIpc) is 2.34. The molecule has 0 amide bonds. The van der Waals surface area contributed by atoms with Crippen LogP contribution in [-0.2, 0) is 6.54 Å². The van der Waals surface area contributed by atoms with E-state index in [1.54, 1.807) is 6.20 Å². The lowest BCUT2D eigenvalue weighted by Crippen LogP contribution is -2.53. The van der Waals surface area contributed by atoms with Gasteiger partial charge in [-0.05, 0) is 19.9 Å². The summed E-state index contributed by atoms with van der Waals surface area (Å²) in [6.07, 6.45) is 1.67. The number of nitrogens with one attached hydrogen (secondary N) is 1. The van der Waals surface area contributed by atoms with Gasteiger partial charge in [0.25, 0.3) is 0 Å². The van der Waals surface area contributed by atoms with Crippen molar-refractivity contribution in [1.82, 2.24) is 15.2 Å². The fourth-order valence-corrected chi connectivity index (χ4v) is 2.20. The average molecular weight is 230 g/mol. The maximum Gasteiger partial charge on any atom is 0.144 e. The molecule has 2 atom stereocenters. The summed E-state index contributed by atoms with van der Waals surface area (Å²) < 4.78 is 0. The third-order valence-corrected chi connectivity index (χ3v) is 3.26. The van der Waals surface area contributed by atoms with Gasteiger partial charge in [-0.15, -0.1) is 0 Å². The summed E-state index contributed by atoms with van der Waals surface area (Å²) in [5, 5.41) is 12.5. The molecule has 4 heteroatoms. The fraction of sp³-hybridized carbons (Fsp3) is 0.538. The van der Waals surface area contributed by atoms with Crippen LogP contribution in [0.3, 0.4) is 0 Å². The number of nitriles is 1. The Labute approximate surface area is 102 Å². The summed E-state index contributed by atoms with van der Waals surface area (Å²) in [5.74, 6) is 0. The number of hydrogen-bond donors (Lipinski definition) is 1. The van der Waals surface area contributed by atoms with E-state index >= 15 is 0 Å². The standard InChI is InChI=1S/C13H18N4/c1-10-8-17(11(2)7-16-10)9-12-4-3-5-15-13(12)6-14/h3-5,10-11,16H,7-9H2,1-2H3. The Kier molecular flexibility index (Phi) is 3.72. The van der Waals surface area contributed by atoms with Crippen LogP contribution < -0.4 is 5.32 Å². The number of pyridine rings is 1. The minimum Gasteiger partial charge on any atom is -0.311 e. The van der Waals surface area contributed by atoms with E-state index in [9.17, 15) is 0 Å². The first-order chi connectivity index (χ1) is 8.20. The molecule has 2 heterocycles. The summed E-state index contributed by atoms with van der Waals surface area (Å²) in [6, 6.07) is 7.05. The molecule has 0 aromatic carbocycles. The van der Waals surface area contributed by atoms with Gasteiger partial charge in [0, 0.05) is 43.5 Å². The molecule has 1 aliphatic heterocycles. The molecule has 17 heavy (non-hydrogen) atoms. The quantitative estimate of drug-likeness (QED) is 0.827. The second-order valence-electron chi connectivity index (χ2n) is 4.71. The molecular formula is C13H18N4. The van der Waals surface area contributed by atoms with Crippen LogP contribution in [-0.4, -0.2) is 35.1 Å². The predicted octanol–water partition coefficient (Wildman–Crippen LogP) is 1.14. The molecule has 2 rings (SSSR count). The van der Waals surface area contributed by atoms with Crippen molar-refractivity contribution in [2.24, 2.45) is 0 Å². The molecule has 1 saturated heterocycles. The van der Waals surface area contributed by atoms with E-state index in [0.717, 1.165) is 25.2 Å². The highest BCUT2D eigenvalue weighted by molar-refractivity contribution is 5.30. The summed E-state index contributed by atoms with van der Waals surface area (Å²) in [7, 11) is 0. The zero-order valence-corrected chi connectivity index (χ0v) is 10.3. The minimum absolute atomic E-state index is 0.498. The van der Waals surface area contributed by atoms with Crippen molar-refractivity contribution in [3.05, 3.63) is 29.6 Å². The maximum absolute atomic E-state index is 9.02. The summed E-state index contributed by atoms with van der Waals surface area (Å²) in [4.78, 5) is 6.51. The molecule has 0 radical (unpaired) electrons. The number of rotatable bonds is 2. The number of piperazine rings is 1. The van der Waals surface area contributed by atoms with Gasteiger partial charge in [0.05, 0.1) is 0 Å². The van der Waals surface area contributed by atoms with E-state index in [1.165, 1.54) is 0 Å². The highest BCUT2D eigenvalue weighted by Gasteiger charge is 2.22. The Hall–Kier alpha value is -1.44. The van der Waals surface area contributed by atoms with Gasteiger partial charge >= 0.3 is 0 Å². The van der Waals surface area contributed by atoms with Gasteiger partial charge < -0.3 is 5.32 Å². The Bertz CT molecular complexity index is 424. The number of hydrogen-bond acceptors (Lipinski definition) is 4. The van der Waals surface area contributed by atoms with Crippen molar-refractivity contribution < 1.29 is 0 Å². The van der Waals surface area contributed by atoms with Crippen LogP contribution in [0.1, 0.15) is 25.1 Å². The lowest BCUT2D eigenvalue weighted by molar-refractivity contribution is 0.138. The van der Waals surface area contributed by atoms with Crippen LogP contribution in [0.5, 0.6) is 0 Å². The minimum atomic E-state index is 0.498. The van der Waals surface area contributed by atoms with E-state index < -0.39 is 0 Å². The van der Waals surface area contributed by atoms with Crippen molar-refractivity contribution in [3.8, 4) is 6.07 Å². The number of nitrogens with zero attached hydrogens (tertiary/aromatic N) is 3. The van der Waals surface area contributed by atoms with Crippen LogP contribution in [0, 0.1) is 11.3 Å². The van der Waals surface area contributed by atoms with Gasteiger partial charge in [-0.1, -0.05) is 6.07 Å². The molecule has 1 N–H and O–H groups in total. The van der Waals surface area contributed by atoms with Gasteiger partial charge in [0.15, 0.2) is 0 Å². The molecule has 2 unspecified atom stereocenters. The topological polar surface area (TPSA) is 52.0 Å². The first-order valence-electron chi connectivity index (χ1n) is 6.02. The molecule has 4 nitrogen and oxygen atoms in total. The van der Waals surface area contributed by atoms with Crippen molar-refractivity contribution in [3.63, 3.8) is 0 Å². The third-order valence-electron chi connectivity index (χ3n) is 3.26. The van der Waals surface area contributed by atoms with Crippen molar-refractivity contribution >= 4 is 0 Å². The van der Waals surface area contributed by atoms with Crippen molar-refractivity contribution in [2.45, 2.75) is 32.5 Å². The van der Waals surface area contributed by atoms with Gasteiger partial charge in [-0.25, -0.2) is 4.98 Å². The SMILES string of the molecule is CC1CN(Cc2cccnc2C#N)C(C)CN1. The Balaban J connectivity index is 2.12. The fourth-order valence-electron chi connectivity index (χ4n) is 2.20. The Morgan fingerprint density at radius 2 is 2.41 bits per heavy atom. The maximum atomic E-state index is 9.02. The van der Waals surface area contributed by atoms with E-state index in [0.29, 0.717) is 17.8 Å². The highest BCUT2D eigenvalue weighted by Crippen LogP contribution is 2.13. The van der Waals surface area contributed by atoms with Gasteiger partial charge in [-0.3, -0.25) is 4.90 Å². The van der Waals surface area contributed by atoms with Crippen LogP contribution in [0.4, 0.5) is 0 Å². The zero-order chi connectivity index (χ0) is 12.3. The van der Waals surface area contributed by atoms with Crippen LogP contribution in [0.15, 0.2) is 18.3 Å². The smallest absolute Gasteiger partial charge is 0.144 e. The zero-order valence-electron chi connectivity index (χ0n) is 10.3. The molecule has 0 saturated carbocycles. The highest BCUT2D eigenvalue weighted by atomic mass is 15.2. The van der Waals surface area contributed by atoms with Gasteiger partial charge in [0.2, 0.25) is 0 Å². The van der Waals surface area contributed by atoms with E-state index in [1.807, 2.05) is 12.1 Å². The van der Waals surface area contributed by atoms with E-state index in [2.05, 4.69) is 35.1 Å². The third kappa shape index (κ3) is 2.82. The summed E-state index contributed by atoms with van der Waals surface area (Å²) in [6.45, 7) is 7.22. The largest absolute Gasteiger partial charge is 0.311 e. The molecule has 1 aromatic rings. The molecule has 1 aliphatic rings. The van der Waals surface area contributed by atoms with Crippen LogP contribution >= 0.6 is 0 Å². The molecule has 1 fully saturated rings. The normalized spacial score (nSPS) is 25.5. The molecule has 0 aliphatic carbocycles. The molecular weight excluding hydrogens is 212 g/mol. The van der Waals surface area contributed by atoms with Crippen LogP contribution in [0.2, 0.25) is 0 Å². The summed E-state index contributed by atoms with van der Waals surface area (Å²) in [5.41, 5.74) is 1.57. The van der Waals surface area contributed by atoms with Crippen molar-refractivity contribution in [2.75, 3.05) is 13.1 Å². The van der Waals surface area contributed by atoms with E-state index in [-0.39, 0.29) is 0 Å². The summed E-state index contributed by atoms with van der Waals surface area (Å²) >= 11 is 0. The second-order valence-corrected chi connectivity index (χ2v) is 4.71. The van der Waals surface area contributed by atoms with Crippen LogP contribution in [0.25, 0.3) is 0 Å². The van der Waals surface area contributed by atoms with Gasteiger partial charge in [-0.2, -0.15) is 5.26 Å². The number of aromatic nitrogens is 1. The molecule has 0 bridgehead atoms. The van der Waals surface area contributed by atoms with Crippen molar-refractivity contribution in [1.29, 1.82) is 5.26 Å². The monoisotopic (exact) mass is 230 g/mol. The molecule has 1 aromatic heterocycles.